The van der Waals surface area contributed by atoms with Crippen molar-refractivity contribution >= 4 is 18.0 Å². The zero-order valence-electron chi connectivity index (χ0n) is 14.6. The van der Waals surface area contributed by atoms with Crippen LogP contribution in [-0.4, -0.2) is 42.4 Å². The maximum absolute atomic E-state index is 12.3. The van der Waals surface area contributed by atoms with E-state index in [1.54, 1.807) is 20.8 Å². The van der Waals surface area contributed by atoms with E-state index in [-0.39, 0.29) is 30.0 Å². The predicted octanol–water partition coefficient (Wildman–Crippen LogP) is 1.22. The Bertz CT molecular complexity index is 721. The van der Waals surface area contributed by atoms with Crippen LogP contribution in [0.4, 0.5) is 4.79 Å². The van der Waals surface area contributed by atoms with E-state index in [1.165, 1.54) is 0 Å². The summed E-state index contributed by atoms with van der Waals surface area (Å²) in [6.45, 7) is 6.68. The van der Waals surface area contributed by atoms with Crippen LogP contribution in [0.15, 0.2) is 15.8 Å². The van der Waals surface area contributed by atoms with Crippen LogP contribution in [0.2, 0.25) is 0 Å². The summed E-state index contributed by atoms with van der Waals surface area (Å²) in [7, 11) is 0. The van der Waals surface area contributed by atoms with Crippen LogP contribution in [0.25, 0.3) is 0 Å². The fourth-order valence-electron chi connectivity index (χ4n) is 2.52. The van der Waals surface area contributed by atoms with E-state index >= 15 is 0 Å². The summed E-state index contributed by atoms with van der Waals surface area (Å²) < 4.78 is 15.3. The molecule has 9 heteroatoms. The van der Waals surface area contributed by atoms with Gasteiger partial charge in [0.25, 0.3) is 0 Å². The van der Waals surface area contributed by atoms with E-state index in [4.69, 9.17) is 14.0 Å². The number of amides is 2. The Balaban J connectivity index is 2.21. The minimum atomic E-state index is -0.633. The average Bonchev–Trinajstić information content (AvgIpc) is 2.93. The highest BCUT2D eigenvalue weighted by molar-refractivity contribution is 5.95. The van der Waals surface area contributed by atoms with Crippen LogP contribution in [0.5, 0.6) is 0 Å². The smallest absolute Gasteiger partial charge is 0.344 e. The van der Waals surface area contributed by atoms with Crippen molar-refractivity contribution < 1.29 is 28.4 Å². The van der Waals surface area contributed by atoms with E-state index in [9.17, 15) is 14.4 Å². The average molecular weight is 351 g/mol. The summed E-state index contributed by atoms with van der Waals surface area (Å²) in [5, 5.41) is 8.86. The number of rotatable bonds is 6. The minimum Gasteiger partial charge on any atom is -0.463 e. The van der Waals surface area contributed by atoms with Gasteiger partial charge in [-0.25, -0.2) is 14.4 Å². The van der Waals surface area contributed by atoms with Gasteiger partial charge < -0.3 is 24.6 Å². The molecule has 2 rings (SSSR count). The van der Waals surface area contributed by atoms with Gasteiger partial charge in [0.2, 0.25) is 0 Å². The number of urea groups is 1. The highest BCUT2D eigenvalue weighted by Crippen LogP contribution is 2.18. The summed E-state index contributed by atoms with van der Waals surface area (Å²) in [4.78, 5) is 36.1. The molecule has 0 aromatic carbocycles. The molecule has 2 N–H and O–H groups in total. The van der Waals surface area contributed by atoms with Gasteiger partial charge in [-0.3, -0.25) is 0 Å². The number of carbonyl (C=O) groups excluding carboxylic acids is 3. The van der Waals surface area contributed by atoms with Crippen molar-refractivity contribution in [2.45, 2.75) is 40.2 Å². The molecule has 0 radical (unpaired) electrons. The van der Waals surface area contributed by atoms with Crippen molar-refractivity contribution in [3.05, 3.63) is 28.3 Å². The Labute approximate surface area is 144 Å². The van der Waals surface area contributed by atoms with Crippen LogP contribution >= 0.6 is 0 Å². The maximum atomic E-state index is 12.3. The largest absolute Gasteiger partial charge is 0.463 e. The molecule has 0 saturated heterocycles. The number of carbonyl (C=O) groups is 3. The minimum absolute atomic E-state index is 0.190. The molecule has 9 nitrogen and oxygen atoms in total. The number of ether oxygens (including phenoxy) is 2. The number of aryl methyl sites for hydroxylation is 2. The standard InChI is InChI=1S/C16H21N3O6/c1-5-10-13(9(4)25-19-10)15(21)24-7-11-12(14(20)23-6-2)8(3)17-16(22)18-11/h8H,5-7H2,1-4H3,(H2,17,18,22)/t8-/m1/s1. The van der Waals surface area contributed by atoms with Crippen LogP contribution in [-0.2, 0) is 20.7 Å². The summed E-state index contributed by atoms with van der Waals surface area (Å²) in [6, 6.07) is -1.05. The topological polar surface area (TPSA) is 120 Å². The Morgan fingerprint density at radius 1 is 1.24 bits per heavy atom. The van der Waals surface area contributed by atoms with Gasteiger partial charge in [-0.15, -0.1) is 0 Å². The summed E-state index contributed by atoms with van der Waals surface area (Å²) >= 11 is 0. The first-order valence-electron chi connectivity index (χ1n) is 7.98. The Kier molecular flexibility index (Phi) is 5.79. The third-order valence-electron chi connectivity index (χ3n) is 3.69. The number of hydrogen-bond acceptors (Lipinski definition) is 7. The second kappa shape index (κ2) is 7.82. The van der Waals surface area contributed by atoms with E-state index in [0.717, 1.165) is 0 Å². The molecular weight excluding hydrogens is 330 g/mol. The second-order valence-corrected chi connectivity index (χ2v) is 5.42. The SMILES string of the molecule is CCOC(=O)C1=C(COC(=O)c2c(CC)noc2C)NC(=O)N[C@@H]1C. The van der Waals surface area contributed by atoms with Crippen LogP contribution in [0.1, 0.15) is 42.6 Å². The van der Waals surface area contributed by atoms with E-state index in [2.05, 4.69) is 15.8 Å². The molecule has 1 atom stereocenters. The lowest BCUT2D eigenvalue weighted by atomic mass is 10.0. The monoisotopic (exact) mass is 351 g/mol. The van der Waals surface area contributed by atoms with Crippen molar-refractivity contribution in [1.29, 1.82) is 0 Å². The molecule has 1 aromatic rings. The van der Waals surface area contributed by atoms with Gasteiger partial charge in [-0.1, -0.05) is 12.1 Å². The zero-order valence-corrected chi connectivity index (χ0v) is 14.6. The lowest BCUT2D eigenvalue weighted by Crippen LogP contribution is -2.50. The predicted molar refractivity (Wildman–Crippen MR) is 85.7 cm³/mol. The van der Waals surface area contributed by atoms with Gasteiger partial charge in [-0.05, 0) is 27.2 Å². The fraction of sp³-hybridized carbons (Fsp3) is 0.500. The second-order valence-electron chi connectivity index (χ2n) is 5.42. The number of esters is 2. The highest BCUT2D eigenvalue weighted by atomic mass is 16.5. The van der Waals surface area contributed by atoms with Gasteiger partial charge in [-0.2, -0.15) is 0 Å². The molecule has 25 heavy (non-hydrogen) atoms. The first-order chi connectivity index (χ1) is 11.9. The molecule has 1 aliphatic heterocycles. The van der Waals surface area contributed by atoms with Crippen LogP contribution in [0.3, 0.4) is 0 Å². The molecular formula is C16H21N3O6. The third kappa shape index (κ3) is 3.98. The van der Waals surface area contributed by atoms with Crippen LogP contribution in [0, 0.1) is 6.92 Å². The Morgan fingerprint density at radius 3 is 2.60 bits per heavy atom. The molecule has 0 unspecified atom stereocenters. The Hall–Kier alpha value is -2.84. The van der Waals surface area contributed by atoms with Crippen LogP contribution < -0.4 is 10.6 Å². The maximum Gasteiger partial charge on any atom is 0.344 e. The molecule has 0 bridgehead atoms. The quantitative estimate of drug-likeness (QED) is 0.739. The van der Waals surface area contributed by atoms with Crippen molar-refractivity contribution in [2.24, 2.45) is 0 Å². The lowest BCUT2D eigenvalue weighted by molar-refractivity contribution is -0.139. The first-order valence-corrected chi connectivity index (χ1v) is 7.98. The lowest BCUT2D eigenvalue weighted by Gasteiger charge is -2.26. The molecule has 1 aromatic heterocycles. The van der Waals surface area contributed by atoms with E-state index in [0.29, 0.717) is 17.9 Å². The molecule has 1 aliphatic rings. The van der Waals surface area contributed by atoms with Gasteiger partial charge in [0.15, 0.2) is 0 Å². The molecule has 2 amide bonds. The Morgan fingerprint density at radius 2 is 1.96 bits per heavy atom. The van der Waals surface area contributed by atoms with E-state index < -0.39 is 24.0 Å². The van der Waals surface area contributed by atoms with Gasteiger partial charge in [0.1, 0.15) is 17.9 Å². The third-order valence-corrected chi connectivity index (χ3v) is 3.69. The summed E-state index contributed by atoms with van der Waals surface area (Å²) in [5.41, 5.74) is 1.15. The number of hydrogen-bond donors (Lipinski definition) is 2. The van der Waals surface area contributed by atoms with Crippen molar-refractivity contribution in [3.8, 4) is 0 Å². The summed E-state index contributed by atoms with van der Waals surface area (Å²) in [5.74, 6) is -0.861. The molecule has 0 saturated carbocycles. The van der Waals surface area contributed by atoms with Crippen molar-refractivity contribution in [3.63, 3.8) is 0 Å². The zero-order chi connectivity index (χ0) is 18.6. The molecule has 136 valence electrons. The number of aromatic nitrogens is 1. The number of nitrogens with one attached hydrogen (secondary N) is 2. The molecule has 0 aliphatic carbocycles. The molecule has 0 spiro atoms. The van der Waals surface area contributed by atoms with Gasteiger partial charge in [0, 0.05) is 0 Å². The molecule has 2 heterocycles. The summed E-state index contributed by atoms with van der Waals surface area (Å²) in [6.07, 6.45) is 0.510. The van der Waals surface area contributed by atoms with Crippen molar-refractivity contribution in [1.82, 2.24) is 15.8 Å². The molecule has 0 fully saturated rings. The highest BCUT2D eigenvalue weighted by Gasteiger charge is 2.31. The van der Waals surface area contributed by atoms with Gasteiger partial charge >= 0.3 is 18.0 Å². The number of nitrogens with zero attached hydrogens (tertiary/aromatic N) is 1. The normalized spacial score (nSPS) is 17.0. The van der Waals surface area contributed by atoms with E-state index in [1.807, 2.05) is 6.92 Å². The fourth-order valence-corrected chi connectivity index (χ4v) is 2.52. The van der Waals surface area contributed by atoms with Gasteiger partial charge in [0.05, 0.1) is 29.6 Å². The first kappa shape index (κ1) is 18.5. The van der Waals surface area contributed by atoms with Crippen molar-refractivity contribution in [2.75, 3.05) is 13.2 Å².